The van der Waals surface area contributed by atoms with Gasteiger partial charge in [-0.3, -0.25) is 9.59 Å². The third-order valence-corrected chi connectivity index (χ3v) is 5.89. The normalized spacial score (nSPS) is 19.2. The molecule has 0 saturated heterocycles. The van der Waals surface area contributed by atoms with E-state index in [1.165, 1.54) is 6.92 Å². The summed E-state index contributed by atoms with van der Waals surface area (Å²) in [6.45, 7) is 1.50. The van der Waals surface area contributed by atoms with Crippen molar-refractivity contribution < 1.29 is 14.4 Å². The van der Waals surface area contributed by atoms with E-state index >= 15 is 0 Å². The van der Waals surface area contributed by atoms with E-state index in [4.69, 9.17) is 0 Å². The first-order chi connectivity index (χ1) is 13.5. The second-order valence-corrected chi connectivity index (χ2v) is 7.71. The zero-order valence-electron chi connectivity index (χ0n) is 16.0. The minimum atomic E-state index is -1.09. The molecule has 142 valence electrons. The van der Waals surface area contributed by atoms with Gasteiger partial charge >= 0.3 is 0 Å². The van der Waals surface area contributed by atoms with Gasteiger partial charge in [0.15, 0.2) is 0 Å². The Morgan fingerprint density at radius 3 is 2.14 bits per heavy atom. The number of Topliss-reactive ketones (excluding diaryl/α,β-unsaturated/α-hetero) is 2. The number of ketones is 2. The molecular formula is C24H23NO3. The summed E-state index contributed by atoms with van der Waals surface area (Å²) in [6.07, 6.45) is 2.14. The predicted octanol–water partition coefficient (Wildman–Crippen LogP) is 5.04. The molecule has 0 spiro atoms. The van der Waals surface area contributed by atoms with Gasteiger partial charge in [0.25, 0.3) is 0 Å². The first-order valence-corrected chi connectivity index (χ1v) is 9.76. The Kier molecular flexibility index (Phi) is 4.71. The summed E-state index contributed by atoms with van der Waals surface area (Å²) in [7, 11) is 0. The molecule has 28 heavy (non-hydrogen) atoms. The number of fused-ring (bicyclic) bond motifs is 2. The van der Waals surface area contributed by atoms with Crippen LogP contribution in [0.2, 0.25) is 0 Å². The van der Waals surface area contributed by atoms with Crippen molar-refractivity contribution in [2.75, 3.05) is 5.32 Å². The standard InChI is InChI=1S/C24H23NO3/c1-16(26)12-14-24(13-6-11-21(24)27)23(28)25-22-19-9-4-2-7-17(19)15-18-8-3-5-10-20(18)22/h2-5,7-10,15H,6,11-14H2,1H3,(H,25,28)/t24-/m1/s1. The minimum Gasteiger partial charge on any atom is -0.324 e. The number of nitrogens with one attached hydrogen (secondary N) is 1. The van der Waals surface area contributed by atoms with Crippen molar-refractivity contribution in [2.45, 2.75) is 39.0 Å². The molecule has 1 aliphatic carbocycles. The third kappa shape index (κ3) is 3.09. The molecule has 0 aromatic heterocycles. The molecule has 1 atom stereocenters. The molecule has 4 nitrogen and oxygen atoms in total. The second-order valence-electron chi connectivity index (χ2n) is 7.71. The fraction of sp³-hybridized carbons (Fsp3) is 0.292. The number of hydrogen-bond donors (Lipinski definition) is 1. The Labute approximate surface area is 163 Å². The highest BCUT2D eigenvalue weighted by atomic mass is 16.2. The van der Waals surface area contributed by atoms with E-state index in [-0.39, 0.29) is 30.3 Å². The lowest BCUT2D eigenvalue weighted by Crippen LogP contribution is -2.40. The maximum atomic E-state index is 13.4. The van der Waals surface area contributed by atoms with E-state index in [1.54, 1.807) is 0 Å². The number of carbonyl (C=O) groups is 3. The van der Waals surface area contributed by atoms with E-state index in [0.29, 0.717) is 19.3 Å². The molecule has 3 aromatic rings. The molecule has 3 aromatic carbocycles. The molecule has 1 aliphatic rings. The van der Waals surface area contributed by atoms with Crippen LogP contribution in [0.5, 0.6) is 0 Å². The smallest absolute Gasteiger partial charge is 0.238 e. The predicted molar refractivity (Wildman–Crippen MR) is 111 cm³/mol. The maximum absolute atomic E-state index is 13.4. The minimum absolute atomic E-state index is 0.00230. The quantitative estimate of drug-likeness (QED) is 0.503. The lowest BCUT2D eigenvalue weighted by atomic mass is 9.79. The van der Waals surface area contributed by atoms with Crippen molar-refractivity contribution >= 4 is 44.7 Å². The van der Waals surface area contributed by atoms with Gasteiger partial charge in [-0.1, -0.05) is 48.5 Å². The number of amides is 1. The highest BCUT2D eigenvalue weighted by Gasteiger charge is 2.48. The van der Waals surface area contributed by atoms with Gasteiger partial charge in [0.1, 0.15) is 17.0 Å². The van der Waals surface area contributed by atoms with Crippen molar-refractivity contribution in [1.82, 2.24) is 0 Å². The number of hydrogen-bond acceptors (Lipinski definition) is 3. The summed E-state index contributed by atoms with van der Waals surface area (Å²) in [5.74, 6) is -0.323. The average Bonchev–Trinajstić information content (AvgIpc) is 3.07. The first-order valence-electron chi connectivity index (χ1n) is 9.76. The Hall–Kier alpha value is -3.01. The van der Waals surface area contributed by atoms with E-state index in [0.717, 1.165) is 27.2 Å². The van der Waals surface area contributed by atoms with E-state index < -0.39 is 5.41 Å². The van der Waals surface area contributed by atoms with Gasteiger partial charge in [-0.05, 0) is 43.0 Å². The molecule has 0 unspecified atom stereocenters. The number of anilines is 1. The molecule has 1 N–H and O–H groups in total. The number of carbonyl (C=O) groups excluding carboxylic acids is 3. The van der Waals surface area contributed by atoms with Crippen LogP contribution in [-0.4, -0.2) is 17.5 Å². The molecular weight excluding hydrogens is 350 g/mol. The Morgan fingerprint density at radius 2 is 1.61 bits per heavy atom. The van der Waals surface area contributed by atoms with Gasteiger partial charge in [0.05, 0.1) is 5.69 Å². The number of rotatable bonds is 5. The Balaban J connectivity index is 1.80. The second kappa shape index (κ2) is 7.19. The van der Waals surface area contributed by atoms with Crippen LogP contribution in [0.4, 0.5) is 5.69 Å². The monoisotopic (exact) mass is 373 g/mol. The summed E-state index contributed by atoms with van der Waals surface area (Å²) in [4.78, 5) is 37.6. The molecule has 0 aliphatic heterocycles. The largest absolute Gasteiger partial charge is 0.324 e. The molecule has 0 bridgehead atoms. The highest BCUT2D eigenvalue weighted by Crippen LogP contribution is 2.42. The van der Waals surface area contributed by atoms with Crippen LogP contribution in [-0.2, 0) is 14.4 Å². The van der Waals surface area contributed by atoms with Gasteiger partial charge < -0.3 is 10.1 Å². The first kappa shape index (κ1) is 18.4. The summed E-state index contributed by atoms with van der Waals surface area (Å²) in [5.41, 5.74) is -0.357. The van der Waals surface area contributed by atoms with Crippen molar-refractivity contribution in [3.63, 3.8) is 0 Å². The fourth-order valence-corrected chi connectivity index (χ4v) is 4.32. The Morgan fingerprint density at radius 1 is 1.00 bits per heavy atom. The van der Waals surface area contributed by atoms with Crippen LogP contribution in [0.3, 0.4) is 0 Å². The lowest BCUT2D eigenvalue weighted by Gasteiger charge is -2.26. The van der Waals surface area contributed by atoms with Crippen molar-refractivity contribution in [1.29, 1.82) is 0 Å². The van der Waals surface area contributed by atoms with Crippen molar-refractivity contribution in [3.8, 4) is 0 Å². The van der Waals surface area contributed by atoms with Crippen molar-refractivity contribution in [2.24, 2.45) is 5.41 Å². The Bertz CT molecular complexity index is 1050. The zero-order chi connectivity index (χ0) is 19.7. The average molecular weight is 373 g/mol. The summed E-state index contributed by atoms with van der Waals surface area (Å²) < 4.78 is 0. The van der Waals surface area contributed by atoms with Gasteiger partial charge in [-0.2, -0.15) is 0 Å². The van der Waals surface area contributed by atoms with Gasteiger partial charge in [0, 0.05) is 23.6 Å². The van der Waals surface area contributed by atoms with Crippen LogP contribution in [0.25, 0.3) is 21.5 Å². The summed E-state index contributed by atoms with van der Waals surface area (Å²) in [5, 5.41) is 7.05. The highest BCUT2D eigenvalue weighted by molar-refractivity contribution is 6.19. The zero-order valence-corrected chi connectivity index (χ0v) is 16.0. The third-order valence-electron chi connectivity index (χ3n) is 5.89. The molecule has 0 heterocycles. The van der Waals surface area contributed by atoms with Crippen LogP contribution in [0.15, 0.2) is 54.6 Å². The molecule has 1 saturated carbocycles. The molecule has 1 amide bonds. The molecule has 4 rings (SSSR count). The van der Waals surface area contributed by atoms with Crippen LogP contribution in [0.1, 0.15) is 39.0 Å². The van der Waals surface area contributed by atoms with Crippen LogP contribution >= 0.6 is 0 Å². The van der Waals surface area contributed by atoms with Gasteiger partial charge in [-0.15, -0.1) is 0 Å². The van der Waals surface area contributed by atoms with Crippen molar-refractivity contribution in [3.05, 3.63) is 54.6 Å². The van der Waals surface area contributed by atoms with E-state index in [9.17, 15) is 14.4 Å². The lowest BCUT2D eigenvalue weighted by molar-refractivity contribution is -0.137. The van der Waals surface area contributed by atoms with Gasteiger partial charge in [0.2, 0.25) is 5.91 Å². The topological polar surface area (TPSA) is 63.2 Å². The van der Waals surface area contributed by atoms with Crippen LogP contribution in [0, 0.1) is 5.41 Å². The van der Waals surface area contributed by atoms with E-state index in [1.807, 2.05) is 48.5 Å². The molecule has 1 fully saturated rings. The maximum Gasteiger partial charge on any atom is 0.238 e. The molecule has 4 heteroatoms. The van der Waals surface area contributed by atoms with E-state index in [2.05, 4.69) is 11.4 Å². The fourth-order valence-electron chi connectivity index (χ4n) is 4.32. The summed E-state index contributed by atoms with van der Waals surface area (Å²) >= 11 is 0. The molecule has 0 radical (unpaired) electrons. The van der Waals surface area contributed by atoms with Crippen LogP contribution < -0.4 is 5.32 Å². The number of benzene rings is 3. The van der Waals surface area contributed by atoms with Gasteiger partial charge in [-0.25, -0.2) is 0 Å². The SMILES string of the molecule is CC(=O)CC[C@]1(C(=O)Nc2c3ccccc3cc3ccccc23)CCCC1=O. The summed E-state index contributed by atoms with van der Waals surface area (Å²) in [6, 6.07) is 17.9.